The van der Waals surface area contributed by atoms with Crippen LogP contribution in [0.5, 0.6) is 0 Å². The fraction of sp³-hybridized carbons (Fsp3) is 0.455. The molecular formula is C11H15NS. The molecule has 1 heterocycles. The van der Waals surface area contributed by atoms with Crippen LogP contribution in [0.3, 0.4) is 0 Å². The minimum Gasteiger partial charge on any atom is -0.358 e. The molecule has 1 aromatic carbocycles. The predicted octanol–water partition coefficient (Wildman–Crippen LogP) is 3.35. The van der Waals surface area contributed by atoms with Crippen LogP contribution in [0.15, 0.2) is 29.2 Å². The third-order valence-corrected chi connectivity index (χ3v) is 3.72. The number of rotatable bonds is 2. The van der Waals surface area contributed by atoms with Gasteiger partial charge in [-0.25, -0.2) is 0 Å². The van der Waals surface area contributed by atoms with E-state index in [1.807, 2.05) is 11.8 Å². The average molecular weight is 193 g/mol. The minimum absolute atomic E-state index is 0.663. The maximum absolute atomic E-state index is 2.49. The lowest BCUT2D eigenvalue weighted by Crippen LogP contribution is -2.29. The lowest BCUT2D eigenvalue weighted by molar-refractivity contribution is 0.658. The minimum atomic E-state index is 0.663. The van der Waals surface area contributed by atoms with Crippen LogP contribution in [0.25, 0.3) is 0 Å². The lowest BCUT2D eigenvalue weighted by atomic mass is 10.2. The number of nitrogens with zero attached hydrogens (tertiary/aromatic N) is 1. The highest BCUT2D eigenvalue weighted by atomic mass is 32.2. The van der Waals surface area contributed by atoms with Gasteiger partial charge in [-0.05, 0) is 25.5 Å². The van der Waals surface area contributed by atoms with Crippen molar-refractivity contribution in [2.24, 2.45) is 0 Å². The molecular weight excluding hydrogens is 178 g/mol. The Morgan fingerprint density at radius 2 is 2.23 bits per heavy atom. The molecule has 0 aliphatic carbocycles. The second-order valence-electron chi connectivity index (χ2n) is 3.47. The second kappa shape index (κ2) is 3.62. The van der Waals surface area contributed by atoms with Gasteiger partial charge in [-0.15, -0.1) is 11.8 Å². The van der Waals surface area contributed by atoms with Gasteiger partial charge in [-0.2, -0.15) is 0 Å². The summed E-state index contributed by atoms with van der Waals surface area (Å²) in [7, 11) is 0. The van der Waals surface area contributed by atoms with Crippen LogP contribution < -0.4 is 4.90 Å². The quantitative estimate of drug-likeness (QED) is 0.708. The monoisotopic (exact) mass is 193 g/mol. The molecule has 0 aromatic heterocycles. The first-order valence-corrected chi connectivity index (χ1v) is 5.80. The van der Waals surface area contributed by atoms with E-state index in [1.165, 1.54) is 17.0 Å². The van der Waals surface area contributed by atoms with Crippen LogP contribution in [-0.2, 0) is 0 Å². The molecule has 0 bridgehead atoms. The SMILES string of the molecule is CCC(C)N1CSc2ccccc21. The van der Waals surface area contributed by atoms with Crippen LogP contribution in [0.2, 0.25) is 0 Å². The van der Waals surface area contributed by atoms with E-state index >= 15 is 0 Å². The van der Waals surface area contributed by atoms with Crippen molar-refractivity contribution in [2.45, 2.75) is 31.2 Å². The van der Waals surface area contributed by atoms with Crippen molar-refractivity contribution in [1.82, 2.24) is 0 Å². The van der Waals surface area contributed by atoms with Crippen LogP contribution in [0, 0.1) is 0 Å². The molecule has 2 heteroatoms. The molecule has 1 atom stereocenters. The fourth-order valence-electron chi connectivity index (χ4n) is 1.61. The molecule has 0 spiro atoms. The van der Waals surface area contributed by atoms with Crippen molar-refractivity contribution < 1.29 is 0 Å². The van der Waals surface area contributed by atoms with E-state index in [2.05, 4.69) is 43.0 Å². The Morgan fingerprint density at radius 3 is 3.00 bits per heavy atom. The summed E-state index contributed by atoms with van der Waals surface area (Å²) in [5, 5.41) is 0. The van der Waals surface area contributed by atoms with Gasteiger partial charge in [0.2, 0.25) is 0 Å². The molecule has 1 aromatic rings. The van der Waals surface area contributed by atoms with E-state index in [0.717, 1.165) is 5.88 Å². The van der Waals surface area contributed by atoms with Gasteiger partial charge < -0.3 is 4.90 Å². The zero-order chi connectivity index (χ0) is 9.26. The number of hydrogen-bond donors (Lipinski definition) is 0. The standard InChI is InChI=1S/C11H15NS/c1-3-9(2)12-8-13-11-7-5-4-6-10(11)12/h4-7,9H,3,8H2,1-2H3. The molecule has 0 saturated heterocycles. The first kappa shape index (κ1) is 8.95. The summed E-state index contributed by atoms with van der Waals surface area (Å²) in [4.78, 5) is 3.92. The van der Waals surface area contributed by atoms with E-state index in [-0.39, 0.29) is 0 Å². The van der Waals surface area contributed by atoms with E-state index in [9.17, 15) is 0 Å². The molecule has 1 nitrogen and oxygen atoms in total. The van der Waals surface area contributed by atoms with Gasteiger partial charge in [0.05, 0.1) is 11.6 Å². The highest BCUT2D eigenvalue weighted by molar-refractivity contribution is 7.99. The van der Waals surface area contributed by atoms with E-state index in [4.69, 9.17) is 0 Å². The Bertz CT molecular complexity index is 298. The Morgan fingerprint density at radius 1 is 1.46 bits per heavy atom. The third-order valence-electron chi connectivity index (χ3n) is 2.66. The van der Waals surface area contributed by atoms with Gasteiger partial charge in [-0.1, -0.05) is 19.1 Å². The van der Waals surface area contributed by atoms with Crippen molar-refractivity contribution in [3.63, 3.8) is 0 Å². The maximum Gasteiger partial charge on any atom is 0.0689 e. The van der Waals surface area contributed by atoms with Gasteiger partial charge in [0.15, 0.2) is 0 Å². The normalized spacial score (nSPS) is 17.2. The molecule has 0 fully saturated rings. The van der Waals surface area contributed by atoms with Gasteiger partial charge in [0.1, 0.15) is 0 Å². The zero-order valence-electron chi connectivity index (χ0n) is 8.16. The van der Waals surface area contributed by atoms with Crippen molar-refractivity contribution in [3.8, 4) is 0 Å². The summed E-state index contributed by atoms with van der Waals surface area (Å²) < 4.78 is 0. The topological polar surface area (TPSA) is 3.24 Å². The summed E-state index contributed by atoms with van der Waals surface area (Å²) in [5.41, 5.74) is 1.42. The van der Waals surface area contributed by atoms with Crippen LogP contribution in [0.4, 0.5) is 5.69 Å². The molecule has 0 saturated carbocycles. The molecule has 0 N–H and O–H groups in total. The van der Waals surface area contributed by atoms with Gasteiger partial charge in [0.25, 0.3) is 0 Å². The summed E-state index contributed by atoms with van der Waals surface area (Å²) in [6.45, 7) is 4.54. The smallest absolute Gasteiger partial charge is 0.0689 e. The van der Waals surface area contributed by atoms with E-state index in [0.29, 0.717) is 6.04 Å². The lowest BCUT2D eigenvalue weighted by Gasteiger charge is -2.25. The number of thioether (sulfide) groups is 1. The maximum atomic E-state index is 2.49. The number of hydrogen-bond acceptors (Lipinski definition) is 2. The van der Waals surface area contributed by atoms with Crippen molar-refractivity contribution >= 4 is 17.4 Å². The molecule has 1 unspecified atom stereocenters. The highest BCUT2D eigenvalue weighted by Crippen LogP contribution is 2.39. The molecule has 1 aliphatic rings. The van der Waals surface area contributed by atoms with Crippen molar-refractivity contribution in [1.29, 1.82) is 0 Å². The van der Waals surface area contributed by atoms with Gasteiger partial charge >= 0.3 is 0 Å². The van der Waals surface area contributed by atoms with Crippen LogP contribution in [0.1, 0.15) is 20.3 Å². The first-order chi connectivity index (χ1) is 6.33. The molecule has 0 amide bonds. The molecule has 0 radical (unpaired) electrons. The number of benzene rings is 1. The van der Waals surface area contributed by atoms with Crippen molar-refractivity contribution in [3.05, 3.63) is 24.3 Å². The van der Waals surface area contributed by atoms with E-state index in [1.54, 1.807) is 0 Å². The molecule has 70 valence electrons. The van der Waals surface area contributed by atoms with Crippen LogP contribution in [-0.4, -0.2) is 11.9 Å². The number of fused-ring (bicyclic) bond motifs is 1. The van der Waals surface area contributed by atoms with Crippen LogP contribution >= 0.6 is 11.8 Å². The Hall–Kier alpha value is -0.630. The van der Waals surface area contributed by atoms with Gasteiger partial charge in [0, 0.05) is 10.9 Å². The summed E-state index contributed by atoms with van der Waals surface area (Å²) >= 11 is 1.95. The fourth-order valence-corrected chi connectivity index (χ4v) is 2.79. The summed E-state index contributed by atoms with van der Waals surface area (Å²) in [6, 6.07) is 9.34. The number of anilines is 1. The third kappa shape index (κ3) is 1.55. The Balaban J connectivity index is 2.28. The Kier molecular flexibility index (Phi) is 2.49. The van der Waals surface area contributed by atoms with Crippen molar-refractivity contribution in [2.75, 3.05) is 10.8 Å². The van der Waals surface area contributed by atoms with E-state index < -0.39 is 0 Å². The first-order valence-electron chi connectivity index (χ1n) is 4.81. The predicted molar refractivity (Wildman–Crippen MR) is 59.4 cm³/mol. The zero-order valence-corrected chi connectivity index (χ0v) is 8.97. The average Bonchev–Trinajstić information content (AvgIpc) is 2.60. The molecule has 2 rings (SSSR count). The Labute approximate surface area is 84.1 Å². The highest BCUT2D eigenvalue weighted by Gasteiger charge is 2.21. The largest absolute Gasteiger partial charge is 0.358 e. The molecule has 1 aliphatic heterocycles. The second-order valence-corrected chi connectivity index (χ2v) is 4.45. The molecule has 13 heavy (non-hydrogen) atoms. The summed E-state index contributed by atoms with van der Waals surface area (Å²) in [6.07, 6.45) is 1.22. The summed E-state index contributed by atoms with van der Waals surface area (Å²) in [5.74, 6) is 1.12. The van der Waals surface area contributed by atoms with Gasteiger partial charge in [-0.3, -0.25) is 0 Å². The number of para-hydroxylation sites is 1.